The number of methoxy groups -OCH3 is 1. The summed E-state index contributed by atoms with van der Waals surface area (Å²) in [5.74, 6) is 0. The van der Waals surface area contributed by atoms with Crippen LogP contribution in [0.3, 0.4) is 0 Å². The number of hydrogen-bond donors (Lipinski definition) is 2. The van der Waals surface area contributed by atoms with Crippen molar-refractivity contribution < 1.29 is 14.6 Å². The number of aliphatic hydroxyl groups is 1. The number of likely N-dealkylation sites (tertiary alicyclic amines) is 1. The van der Waals surface area contributed by atoms with Crippen LogP contribution in [0.15, 0.2) is 6.20 Å². The predicted octanol–water partition coefficient (Wildman–Crippen LogP) is 1.92. The van der Waals surface area contributed by atoms with Crippen molar-refractivity contribution in [3.05, 3.63) is 6.20 Å². The van der Waals surface area contributed by atoms with Crippen molar-refractivity contribution in [1.29, 1.82) is 0 Å². The van der Waals surface area contributed by atoms with Crippen molar-refractivity contribution in [2.24, 2.45) is 0 Å². The third-order valence-electron chi connectivity index (χ3n) is 3.25. The van der Waals surface area contributed by atoms with Crippen LogP contribution in [0.4, 0.5) is 9.93 Å². The van der Waals surface area contributed by atoms with E-state index in [0.29, 0.717) is 29.7 Å². The maximum atomic E-state index is 12.1. The molecule has 2 heterocycles. The molecule has 2 N–H and O–H groups in total. The highest BCUT2D eigenvalue weighted by Crippen LogP contribution is 2.26. The van der Waals surface area contributed by atoms with Crippen molar-refractivity contribution in [1.82, 2.24) is 9.88 Å². The Morgan fingerprint density at radius 1 is 1.58 bits per heavy atom. The zero-order valence-electron chi connectivity index (χ0n) is 11.2. The first-order valence-electron chi connectivity index (χ1n) is 6.28. The van der Waals surface area contributed by atoms with Crippen LogP contribution >= 0.6 is 11.3 Å². The lowest BCUT2D eigenvalue weighted by Crippen LogP contribution is -2.36. The SMILES string of the molecule is COc1cnc(NC(=O)N2CCCC(C)(O)CC2)s1. The Bertz CT molecular complexity index is 447. The molecule has 1 fully saturated rings. The first kappa shape index (κ1) is 14.1. The number of carbonyl (C=O) groups excluding carboxylic acids is 1. The Balaban J connectivity index is 1.92. The Hall–Kier alpha value is -1.34. The fourth-order valence-electron chi connectivity index (χ4n) is 2.05. The molecule has 1 aromatic rings. The summed E-state index contributed by atoms with van der Waals surface area (Å²) in [6, 6.07) is -0.172. The minimum Gasteiger partial charge on any atom is -0.486 e. The van der Waals surface area contributed by atoms with Gasteiger partial charge in [0.05, 0.1) is 18.9 Å². The van der Waals surface area contributed by atoms with Crippen molar-refractivity contribution in [3.63, 3.8) is 0 Å². The van der Waals surface area contributed by atoms with Crippen LogP contribution in [0.1, 0.15) is 26.2 Å². The van der Waals surface area contributed by atoms with Gasteiger partial charge in [-0.05, 0) is 26.2 Å². The minimum absolute atomic E-state index is 0.172. The number of amides is 2. The molecular weight excluding hydrogens is 266 g/mol. The first-order valence-corrected chi connectivity index (χ1v) is 7.10. The molecule has 1 aliphatic rings. The van der Waals surface area contributed by atoms with E-state index in [4.69, 9.17) is 4.74 Å². The average Bonchev–Trinajstić information content (AvgIpc) is 2.72. The maximum absolute atomic E-state index is 12.1. The second-order valence-electron chi connectivity index (χ2n) is 4.96. The molecule has 2 rings (SSSR count). The molecule has 1 unspecified atom stereocenters. The monoisotopic (exact) mass is 285 g/mol. The van der Waals surface area contributed by atoms with E-state index in [1.807, 2.05) is 6.92 Å². The third kappa shape index (κ3) is 3.81. The van der Waals surface area contributed by atoms with Gasteiger partial charge < -0.3 is 14.7 Å². The number of hydrogen-bond acceptors (Lipinski definition) is 5. The lowest BCUT2D eigenvalue weighted by Gasteiger charge is -2.22. The second-order valence-corrected chi connectivity index (χ2v) is 5.95. The van der Waals surface area contributed by atoms with E-state index in [9.17, 15) is 9.90 Å². The molecule has 6 nitrogen and oxygen atoms in total. The molecule has 0 saturated carbocycles. The number of anilines is 1. The summed E-state index contributed by atoms with van der Waals surface area (Å²) >= 11 is 1.29. The Morgan fingerprint density at radius 2 is 2.37 bits per heavy atom. The molecule has 0 bridgehead atoms. The number of aromatic nitrogens is 1. The molecule has 0 radical (unpaired) electrons. The van der Waals surface area contributed by atoms with Crippen LogP contribution < -0.4 is 10.1 Å². The molecule has 1 aliphatic heterocycles. The summed E-state index contributed by atoms with van der Waals surface area (Å²) in [6.45, 7) is 3.03. The summed E-state index contributed by atoms with van der Waals surface area (Å²) in [5, 5.41) is 13.9. The van der Waals surface area contributed by atoms with Gasteiger partial charge >= 0.3 is 6.03 Å². The van der Waals surface area contributed by atoms with Crippen molar-refractivity contribution in [3.8, 4) is 5.06 Å². The fraction of sp³-hybridized carbons (Fsp3) is 0.667. The minimum atomic E-state index is -0.667. The van der Waals surface area contributed by atoms with Gasteiger partial charge in [-0.25, -0.2) is 9.78 Å². The number of ether oxygens (including phenoxy) is 1. The highest BCUT2D eigenvalue weighted by atomic mass is 32.1. The number of urea groups is 1. The lowest BCUT2D eigenvalue weighted by atomic mass is 9.98. The predicted molar refractivity (Wildman–Crippen MR) is 73.7 cm³/mol. The van der Waals surface area contributed by atoms with Gasteiger partial charge in [-0.2, -0.15) is 0 Å². The Labute approximate surface area is 116 Å². The third-order valence-corrected chi connectivity index (χ3v) is 4.12. The number of carbonyl (C=O) groups is 1. The largest absolute Gasteiger partial charge is 0.486 e. The molecule has 7 heteroatoms. The molecule has 0 aliphatic carbocycles. The van der Waals surface area contributed by atoms with E-state index in [0.717, 1.165) is 12.8 Å². The summed E-state index contributed by atoms with van der Waals surface area (Å²) in [7, 11) is 1.57. The highest BCUT2D eigenvalue weighted by molar-refractivity contribution is 7.17. The molecule has 19 heavy (non-hydrogen) atoms. The molecule has 106 valence electrons. The quantitative estimate of drug-likeness (QED) is 0.870. The molecule has 2 amide bonds. The molecule has 1 saturated heterocycles. The van der Waals surface area contributed by atoms with Gasteiger partial charge in [0.1, 0.15) is 0 Å². The molecule has 1 aromatic heterocycles. The van der Waals surface area contributed by atoms with Gasteiger partial charge in [0.2, 0.25) is 0 Å². The lowest BCUT2D eigenvalue weighted by molar-refractivity contribution is 0.0458. The van der Waals surface area contributed by atoms with Crippen LogP contribution in [-0.4, -0.2) is 46.8 Å². The summed E-state index contributed by atoms with van der Waals surface area (Å²) in [4.78, 5) is 17.9. The van der Waals surface area contributed by atoms with Gasteiger partial charge in [-0.1, -0.05) is 11.3 Å². The van der Waals surface area contributed by atoms with Gasteiger partial charge in [0, 0.05) is 13.1 Å². The number of nitrogens with one attached hydrogen (secondary N) is 1. The van der Waals surface area contributed by atoms with E-state index in [1.54, 1.807) is 18.2 Å². The smallest absolute Gasteiger partial charge is 0.323 e. The second kappa shape index (κ2) is 5.75. The summed E-state index contributed by atoms with van der Waals surface area (Å²) < 4.78 is 5.03. The van der Waals surface area contributed by atoms with E-state index < -0.39 is 5.60 Å². The molecule has 0 spiro atoms. The highest BCUT2D eigenvalue weighted by Gasteiger charge is 2.27. The maximum Gasteiger partial charge on any atom is 0.323 e. The van der Waals surface area contributed by atoms with Crippen LogP contribution in [0, 0.1) is 0 Å². The molecule has 1 atom stereocenters. The first-order chi connectivity index (χ1) is 9.00. The van der Waals surface area contributed by atoms with E-state index in [1.165, 1.54) is 11.3 Å². The zero-order chi connectivity index (χ0) is 13.9. The van der Waals surface area contributed by atoms with Crippen molar-refractivity contribution >= 4 is 22.5 Å². The van der Waals surface area contributed by atoms with Crippen LogP contribution in [0.2, 0.25) is 0 Å². The van der Waals surface area contributed by atoms with E-state index in [-0.39, 0.29) is 6.03 Å². The van der Waals surface area contributed by atoms with Crippen molar-refractivity contribution in [2.75, 3.05) is 25.5 Å². The van der Waals surface area contributed by atoms with Gasteiger partial charge in [0.25, 0.3) is 0 Å². The molecule has 0 aromatic carbocycles. The standard InChI is InChI=1S/C12H19N3O3S/c1-12(17)4-3-6-15(7-5-12)11(16)14-10-13-8-9(18-2)19-10/h8,17H,3-7H2,1-2H3,(H,13,14,16). The number of thiazole rings is 1. The number of rotatable bonds is 2. The van der Waals surface area contributed by atoms with Crippen LogP contribution in [0.25, 0.3) is 0 Å². The average molecular weight is 285 g/mol. The normalized spacial score (nSPS) is 23.8. The van der Waals surface area contributed by atoms with E-state index in [2.05, 4.69) is 10.3 Å². The van der Waals surface area contributed by atoms with Crippen LogP contribution in [-0.2, 0) is 0 Å². The van der Waals surface area contributed by atoms with E-state index >= 15 is 0 Å². The van der Waals surface area contributed by atoms with Crippen LogP contribution in [0.5, 0.6) is 5.06 Å². The van der Waals surface area contributed by atoms with Gasteiger partial charge in [-0.15, -0.1) is 0 Å². The Kier molecular flexibility index (Phi) is 4.26. The number of nitrogens with zero attached hydrogens (tertiary/aromatic N) is 2. The fourth-order valence-corrected chi connectivity index (χ4v) is 2.67. The summed E-state index contributed by atoms with van der Waals surface area (Å²) in [5.41, 5.74) is -0.667. The molecular formula is C12H19N3O3S. The van der Waals surface area contributed by atoms with Gasteiger partial charge in [-0.3, -0.25) is 5.32 Å². The van der Waals surface area contributed by atoms with Crippen molar-refractivity contribution in [2.45, 2.75) is 31.8 Å². The summed E-state index contributed by atoms with van der Waals surface area (Å²) in [6.07, 6.45) is 3.71. The van der Waals surface area contributed by atoms with Gasteiger partial charge in [0.15, 0.2) is 10.2 Å². The topological polar surface area (TPSA) is 74.7 Å². The Morgan fingerprint density at radius 3 is 3.05 bits per heavy atom. The zero-order valence-corrected chi connectivity index (χ0v) is 12.0.